The van der Waals surface area contributed by atoms with Gasteiger partial charge in [0.05, 0.1) is 10.6 Å². The number of hydrogen-bond acceptors (Lipinski definition) is 5. The Labute approximate surface area is 177 Å². The van der Waals surface area contributed by atoms with Crippen LogP contribution in [0.3, 0.4) is 0 Å². The molecule has 1 aromatic heterocycles. The van der Waals surface area contributed by atoms with Gasteiger partial charge in [-0.05, 0) is 37.1 Å². The molecule has 154 valence electrons. The van der Waals surface area contributed by atoms with Crippen molar-refractivity contribution in [1.29, 1.82) is 0 Å². The minimum atomic E-state index is -3.54. The Bertz CT molecular complexity index is 1120. The summed E-state index contributed by atoms with van der Waals surface area (Å²) in [4.78, 5) is 0.231. The van der Waals surface area contributed by atoms with Crippen LogP contribution in [-0.4, -0.2) is 46.8 Å². The minimum absolute atomic E-state index is 0.231. The quantitative estimate of drug-likeness (QED) is 0.545. The molecule has 0 bridgehead atoms. The number of benzene rings is 2. The number of para-hydroxylation sites is 1. The Balaban J connectivity index is 2.26. The van der Waals surface area contributed by atoms with Crippen LogP contribution in [0.15, 0.2) is 52.5 Å². The normalized spacial score (nSPS) is 12.1. The molecule has 0 N–H and O–H groups in total. The van der Waals surface area contributed by atoms with E-state index in [1.165, 1.54) is 18.4 Å². The molecule has 3 aromatic rings. The molecule has 0 aliphatic carbocycles. The van der Waals surface area contributed by atoms with Crippen LogP contribution in [0, 0.1) is 13.8 Å². The first-order valence-electron chi connectivity index (χ1n) is 9.34. The maximum Gasteiger partial charge on any atom is 0.242 e. The molecule has 6 nitrogen and oxygen atoms in total. The van der Waals surface area contributed by atoms with Crippen LogP contribution in [0.2, 0.25) is 0 Å². The number of hydrogen-bond donors (Lipinski definition) is 0. The number of aryl methyl sites for hydroxylation is 2. The smallest absolute Gasteiger partial charge is 0.242 e. The largest absolute Gasteiger partial charge is 0.269 e. The zero-order valence-corrected chi connectivity index (χ0v) is 19.2. The lowest BCUT2D eigenvalue weighted by Gasteiger charge is -2.17. The van der Waals surface area contributed by atoms with Crippen molar-refractivity contribution in [3.63, 3.8) is 0 Å². The first kappa shape index (κ1) is 21.5. The molecule has 3 rings (SSSR count). The van der Waals surface area contributed by atoms with E-state index in [0.717, 1.165) is 22.0 Å². The zero-order chi connectivity index (χ0) is 21.3. The summed E-state index contributed by atoms with van der Waals surface area (Å²) in [5.41, 5.74) is 3.94. The Kier molecular flexibility index (Phi) is 6.16. The summed E-state index contributed by atoms with van der Waals surface area (Å²) in [5, 5.41) is 10.00. The van der Waals surface area contributed by atoms with Gasteiger partial charge in [-0.1, -0.05) is 55.9 Å². The monoisotopic (exact) mass is 430 g/mol. The Morgan fingerprint density at radius 1 is 1.00 bits per heavy atom. The van der Waals surface area contributed by atoms with E-state index in [1.54, 1.807) is 30.0 Å². The second kappa shape index (κ2) is 8.30. The third-order valence-corrected chi connectivity index (χ3v) is 7.27. The average molecular weight is 431 g/mol. The fourth-order valence-corrected chi connectivity index (χ4v) is 4.85. The summed E-state index contributed by atoms with van der Waals surface area (Å²) >= 11 is 1.63. The molecule has 0 amide bonds. The maximum atomic E-state index is 12.6. The first-order valence-corrected chi connectivity index (χ1v) is 11.7. The van der Waals surface area contributed by atoms with Crippen LogP contribution in [0.5, 0.6) is 0 Å². The summed E-state index contributed by atoms with van der Waals surface area (Å²) in [6, 6.07) is 13.0. The lowest BCUT2D eigenvalue weighted by Crippen LogP contribution is -2.22. The van der Waals surface area contributed by atoms with E-state index >= 15 is 0 Å². The fourth-order valence-electron chi connectivity index (χ4n) is 3.11. The van der Waals surface area contributed by atoms with E-state index in [2.05, 4.69) is 50.0 Å². The maximum absolute atomic E-state index is 12.6. The highest BCUT2D eigenvalue weighted by molar-refractivity contribution is 7.99. The fraction of sp³-hybridized carbons (Fsp3) is 0.333. The van der Waals surface area contributed by atoms with Gasteiger partial charge in [-0.25, -0.2) is 12.7 Å². The third kappa shape index (κ3) is 4.24. The predicted molar refractivity (Wildman–Crippen MR) is 118 cm³/mol. The molecule has 0 saturated heterocycles. The summed E-state index contributed by atoms with van der Waals surface area (Å²) in [6.45, 7) is 8.34. The molecule has 8 heteroatoms. The Hall–Kier alpha value is -2.16. The van der Waals surface area contributed by atoms with Crippen molar-refractivity contribution in [2.75, 3.05) is 14.1 Å². The lowest BCUT2D eigenvalue weighted by molar-refractivity contribution is 0.521. The first-order chi connectivity index (χ1) is 13.6. The van der Waals surface area contributed by atoms with Crippen LogP contribution < -0.4 is 0 Å². The van der Waals surface area contributed by atoms with Crippen molar-refractivity contribution < 1.29 is 8.42 Å². The Morgan fingerprint density at radius 3 is 2.21 bits per heavy atom. The summed E-state index contributed by atoms with van der Waals surface area (Å²) < 4.78 is 28.5. The highest BCUT2D eigenvalue weighted by Gasteiger charge is 2.22. The van der Waals surface area contributed by atoms with Crippen molar-refractivity contribution in [3.8, 4) is 17.1 Å². The predicted octanol–water partition coefficient (Wildman–Crippen LogP) is 4.30. The van der Waals surface area contributed by atoms with Crippen LogP contribution >= 0.6 is 11.8 Å². The third-order valence-electron chi connectivity index (χ3n) is 4.51. The standard InChI is InChI=1S/C21H26N4O2S2/c1-14(2)28-21-23-22-20(25(21)19-15(3)9-7-10-16(19)4)17-11-8-12-18(13-17)29(26,27)24(5)6/h7-14H,1-6H3. The molecule has 0 saturated carbocycles. The molecule has 1 heterocycles. The van der Waals surface area contributed by atoms with Crippen molar-refractivity contribution in [2.24, 2.45) is 0 Å². The Morgan fingerprint density at radius 2 is 1.62 bits per heavy atom. The van der Waals surface area contributed by atoms with Gasteiger partial charge in [0, 0.05) is 24.9 Å². The van der Waals surface area contributed by atoms with Crippen molar-refractivity contribution in [2.45, 2.75) is 43.0 Å². The van der Waals surface area contributed by atoms with E-state index in [0.29, 0.717) is 16.6 Å². The molecular formula is C21H26N4O2S2. The molecular weight excluding hydrogens is 404 g/mol. The van der Waals surface area contributed by atoms with E-state index < -0.39 is 10.0 Å². The van der Waals surface area contributed by atoms with Gasteiger partial charge in [0.2, 0.25) is 10.0 Å². The number of sulfonamides is 1. The number of thioether (sulfide) groups is 1. The van der Waals surface area contributed by atoms with Gasteiger partial charge in [0.25, 0.3) is 0 Å². The van der Waals surface area contributed by atoms with Crippen LogP contribution in [0.1, 0.15) is 25.0 Å². The zero-order valence-electron chi connectivity index (χ0n) is 17.5. The molecule has 0 unspecified atom stereocenters. The highest BCUT2D eigenvalue weighted by Crippen LogP contribution is 2.33. The van der Waals surface area contributed by atoms with E-state index in [1.807, 2.05) is 16.7 Å². The van der Waals surface area contributed by atoms with Gasteiger partial charge in [-0.3, -0.25) is 4.57 Å². The summed E-state index contributed by atoms with van der Waals surface area (Å²) in [7, 11) is -0.490. The highest BCUT2D eigenvalue weighted by atomic mass is 32.2. The van der Waals surface area contributed by atoms with Crippen molar-refractivity contribution in [3.05, 3.63) is 53.6 Å². The molecule has 0 spiro atoms. The lowest BCUT2D eigenvalue weighted by atomic mass is 10.1. The molecule has 0 aliphatic rings. The minimum Gasteiger partial charge on any atom is -0.269 e. The van der Waals surface area contributed by atoms with Gasteiger partial charge in [-0.15, -0.1) is 10.2 Å². The van der Waals surface area contributed by atoms with Crippen LogP contribution in [0.4, 0.5) is 0 Å². The van der Waals surface area contributed by atoms with E-state index in [4.69, 9.17) is 0 Å². The van der Waals surface area contributed by atoms with Gasteiger partial charge in [0.1, 0.15) is 0 Å². The molecule has 2 aromatic carbocycles. The summed E-state index contributed by atoms with van der Waals surface area (Å²) in [6.07, 6.45) is 0. The topological polar surface area (TPSA) is 68.1 Å². The molecule has 0 fully saturated rings. The van der Waals surface area contributed by atoms with Gasteiger partial charge in [-0.2, -0.15) is 0 Å². The second-order valence-electron chi connectivity index (χ2n) is 7.36. The van der Waals surface area contributed by atoms with Crippen LogP contribution in [0.25, 0.3) is 17.1 Å². The number of rotatable bonds is 6. The average Bonchev–Trinajstić information content (AvgIpc) is 3.04. The molecule has 0 radical (unpaired) electrons. The number of nitrogens with zero attached hydrogens (tertiary/aromatic N) is 4. The SMILES string of the molecule is Cc1cccc(C)c1-n1c(SC(C)C)nnc1-c1cccc(S(=O)(=O)N(C)C)c1. The van der Waals surface area contributed by atoms with Crippen molar-refractivity contribution >= 4 is 21.8 Å². The molecule has 0 aliphatic heterocycles. The second-order valence-corrected chi connectivity index (χ2v) is 11.1. The molecule has 29 heavy (non-hydrogen) atoms. The summed E-state index contributed by atoms with van der Waals surface area (Å²) in [5.74, 6) is 0.626. The van der Waals surface area contributed by atoms with Crippen LogP contribution in [-0.2, 0) is 10.0 Å². The van der Waals surface area contributed by atoms with Gasteiger partial charge < -0.3 is 0 Å². The van der Waals surface area contributed by atoms with E-state index in [-0.39, 0.29) is 4.90 Å². The van der Waals surface area contributed by atoms with Gasteiger partial charge in [0.15, 0.2) is 11.0 Å². The van der Waals surface area contributed by atoms with E-state index in [9.17, 15) is 8.42 Å². The van der Waals surface area contributed by atoms with Gasteiger partial charge >= 0.3 is 0 Å². The molecule has 0 atom stereocenters. The number of aromatic nitrogens is 3. The van der Waals surface area contributed by atoms with Crippen molar-refractivity contribution in [1.82, 2.24) is 19.1 Å².